The molecule has 0 aliphatic carbocycles. The van der Waals surface area contributed by atoms with E-state index < -0.39 is 5.60 Å². The maximum absolute atomic E-state index is 9.95. The first-order chi connectivity index (χ1) is 7.97. The standard InChI is InChI=1S/C13H22N2O2/c1-9-12(13(2,3)16)15-11(17-9)8-10-6-4-5-7-14-10/h10,14,16H,4-8H2,1-3H3/t10-/m0/s1. The summed E-state index contributed by atoms with van der Waals surface area (Å²) >= 11 is 0. The van der Waals surface area contributed by atoms with Crippen LogP contribution in [0, 0.1) is 6.92 Å². The number of hydrogen-bond acceptors (Lipinski definition) is 4. The summed E-state index contributed by atoms with van der Waals surface area (Å²) in [5, 5.41) is 13.4. The van der Waals surface area contributed by atoms with Crippen molar-refractivity contribution in [3.63, 3.8) is 0 Å². The summed E-state index contributed by atoms with van der Waals surface area (Å²) in [5.41, 5.74) is -0.269. The maximum atomic E-state index is 9.95. The third-order valence-electron chi connectivity index (χ3n) is 3.25. The van der Waals surface area contributed by atoms with Crippen LogP contribution in [-0.2, 0) is 12.0 Å². The van der Waals surface area contributed by atoms with Crippen LogP contribution in [0.2, 0.25) is 0 Å². The molecular weight excluding hydrogens is 216 g/mol. The number of nitrogens with zero attached hydrogens (tertiary/aromatic N) is 1. The zero-order valence-electron chi connectivity index (χ0n) is 10.9. The molecule has 0 radical (unpaired) electrons. The lowest BCUT2D eigenvalue weighted by atomic mass is 10.0. The molecule has 0 spiro atoms. The Kier molecular flexibility index (Phi) is 3.54. The predicted molar refractivity (Wildman–Crippen MR) is 65.8 cm³/mol. The van der Waals surface area contributed by atoms with Crippen LogP contribution in [0.1, 0.15) is 50.5 Å². The molecule has 2 N–H and O–H groups in total. The first kappa shape index (κ1) is 12.6. The van der Waals surface area contributed by atoms with E-state index >= 15 is 0 Å². The summed E-state index contributed by atoms with van der Waals surface area (Å²) in [6.45, 7) is 6.42. The zero-order chi connectivity index (χ0) is 12.5. The van der Waals surface area contributed by atoms with E-state index in [2.05, 4.69) is 10.3 Å². The summed E-state index contributed by atoms with van der Waals surface area (Å²) in [6.07, 6.45) is 4.53. The molecule has 1 aromatic rings. The minimum Gasteiger partial charge on any atom is -0.446 e. The Hall–Kier alpha value is -0.870. The van der Waals surface area contributed by atoms with Crippen molar-refractivity contribution in [3.05, 3.63) is 17.3 Å². The highest BCUT2D eigenvalue weighted by atomic mass is 16.4. The van der Waals surface area contributed by atoms with Gasteiger partial charge < -0.3 is 14.8 Å². The van der Waals surface area contributed by atoms with Crippen molar-refractivity contribution in [2.45, 2.75) is 58.1 Å². The van der Waals surface area contributed by atoms with Gasteiger partial charge in [-0.1, -0.05) is 6.42 Å². The summed E-state index contributed by atoms with van der Waals surface area (Å²) in [4.78, 5) is 4.42. The van der Waals surface area contributed by atoms with Gasteiger partial charge in [0.15, 0.2) is 5.89 Å². The largest absolute Gasteiger partial charge is 0.446 e. The van der Waals surface area contributed by atoms with E-state index in [4.69, 9.17) is 4.42 Å². The highest BCUT2D eigenvalue weighted by Gasteiger charge is 2.25. The Morgan fingerprint density at radius 3 is 2.76 bits per heavy atom. The number of aliphatic hydroxyl groups is 1. The summed E-state index contributed by atoms with van der Waals surface area (Å²) < 4.78 is 5.63. The van der Waals surface area contributed by atoms with Crippen LogP contribution in [0.4, 0.5) is 0 Å². The molecule has 1 atom stereocenters. The van der Waals surface area contributed by atoms with Gasteiger partial charge in [-0.05, 0) is 40.2 Å². The number of aryl methyl sites for hydroxylation is 1. The molecule has 2 heterocycles. The first-order valence-electron chi connectivity index (χ1n) is 6.39. The minimum absolute atomic E-state index is 0.469. The summed E-state index contributed by atoms with van der Waals surface area (Å²) in [5.74, 6) is 1.46. The van der Waals surface area contributed by atoms with Gasteiger partial charge in [-0.15, -0.1) is 0 Å². The van der Waals surface area contributed by atoms with Gasteiger partial charge in [0.05, 0.1) is 0 Å². The van der Waals surface area contributed by atoms with Gasteiger partial charge in [0, 0.05) is 12.5 Å². The lowest BCUT2D eigenvalue weighted by Crippen LogP contribution is -2.35. The van der Waals surface area contributed by atoms with Crippen molar-refractivity contribution >= 4 is 0 Å². The maximum Gasteiger partial charge on any atom is 0.196 e. The van der Waals surface area contributed by atoms with Crippen LogP contribution in [0.3, 0.4) is 0 Å². The van der Waals surface area contributed by atoms with Gasteiger partial charge in [0.1, 0.15) is 17.1 Å². The van der Waals surface area contributed by atoms with Gasteiger partial charge >= 0.3 is 0 Å². The normalized spacial score (nSPS) is 21.8. The van der Waals surface area contributed by atoms with Crippen molar-refractivity contribution in [1.82, 2.24) is 10.3 Å². The molecule has 0 unspecified atom stereocenters. The van der Waals surface area contributed by atoms with Crippen molar-refractivity contribution in [2.24, 2.45) is 0 Å². The zero-order valence-corrected chi connectivity index (χ0v) is 10.9. The second kappa shape index (κ2) is 4.78. The molecule has 1 aliphatic rings. The van der Waals surface area contributed by atoms with E-state index in [1.807, 2.05) is 6.92 Å². The highest BCUT2D eigenvalue weighted by molar-refractivity contribution is 5.15. The van der Waals surface area contributed by atoms with Gasteiger partial charge in [-0.25, -0.2) is 4.98 Å². The van der Waals surface area contributed by atoms with Gasteiger partial charge in [0.25, 0.3) is 0 Å². The van der Waals surface area contributed by atoms with Crippen LogP contribution < -0.4 is 5.32 Å². The molecule has 1 aromatic heterocycles. The van der Waals surface area contributed by atoms with Crippen LogP contribution >= 0.6 is 0 Å². The van der Waals surface area contributed by atoms with Gasteiger partial charge in [-0.2, -0.15) is 0 Å². The van der Waals surface area contributed by atoms with E-state index in [0.29, 0.717) is 11.7 Å². The molecule has 4 heteroatoms. The summed E-state index contributed by atoms with van der Waals surface area (Å²) in [6, 6.07) is 0.469. The number of hydrogen-bond donors (Lipinski definition) is 2. The fraction of sp³-hybridized carbons (Fsp3) is 0.769. The van der Waals surface area contributed by atoms with Crippen LogP contribution in [0.25, 0.3) is 0 Å². The second-order valence-corrected chi connectivity index (χ2v) is 5.42. The Balaban J connectivity index is 2.06. The fourth-order valence-electron chi connectivity index (χ4n) is 2.42. The Bertz CT molecular complexity index is 373. The molecule has 0 amide bonds. The molecule has 0 saturated carbocycles. The average molecular weight is 238 g/mol. The summed E-state index contributed by atoms with van der Waals surface area (Å²) in [7, 11) is 0. The smallest absolute Gasteiger partial charge is 0.196 e. The Labute approximate surface area is 102 Å². The van der Waals surface area contributed by atoms with Crippen LogP contribution in [0.15, 0.2) is 4.42 Å². The van der Waals surface area contributed by atoms with Gasteiger partial charge in [0.2, 0.25) is 0 Å². The lowest BCUT2D eigenvalue weighted by molar-refractivity contribution is 0.0728. The van der Waals surface area contributed by atoms with Crippen molar-refractivity contribution in [3.8, 4) is 0 Å². The van der Waals surface area contributed by atoms with Gasteiger partial charge in [-0.3, -0.25) is 0 Å². The molecule has 4 nitrogen and oxygen atoms in total. The number of piperidine rings is 1. The molecule has 0 aromatic carbocycles. The van der Waals surface area contributed by atoms with Crippen molar-refractivity contribution in [2.75, 3.05) is 6.54 Å². The topological polar surface area (TPSA) is 58.3 Å². The second-order valence-electron chi connectivity index (χ2n) is 5.42. The average Bonchev–Trinajstić information content (AvgIpc) is 2.60. The molecule has 1 aliphatic heterocycles. The number of oxazole rings is 1. The van der Waals surface area contributed by atoms with E-state index in [0.717, 1.165) is 24.6 Å². The third kappa shape index (κ3) is 3.07. The SMILES string of the molecule is Cc1oc(C[C@@H]2CCCCN2)nc1C(C)(C)O. The quantitative estimate of drug-likeness (QED) is 0.844. The minimum atomic E-state index is -0.925. The van der Waals surface area contributed by atoms with Crippen molar-refractivity contribution in [1.29, 1.82) is 0 Å². The lowest BCUT2D eigenvalue weighted by Gasteiger charge is -2.21. The fourth-order valence-corrected chi connectivity index (χ4v) is 2.42. The van der Waals surface area contributed by atoms with Crippen LogP contribution in [-0.4, -0.2) is 22.7 Å². The molecular formula is C13H22N2O2. The number of aromatic nitrogens is 1. The Morgan fingerprint density at radius 1 is 1.47 bits per heavy atom. The molecule has 2 rings (SSSR count). The molecule has 17 heavy (non-hydrogen) atoms. The third-order valence-corrected chi connectivity index (χ3v) is 3.25. The number of nitrogens with one attached hydrogen (secondary N) is 1. The van der Waals surface area contributed by atoms with Crippen molar-refractivity contribution < 1.29 is 9.52 Å². The number of rotatable bonds is 3. The highest BCUT2D eigenvalue weighted by Crippen LogP contribution is 2.24. The van der Waals surface area contributed by atoms with E-state index in [1.54, 1.807) is 13.8 Å². The van der Waals surface area contributed by atoms with E-state index in [1.165, 1.54) is 19.3 Å². The molecule has 1 fully saturated rings. The molecule has 0 bridgehead atoms. The first-order valence-corrected chi connectivity index (χ1v) is 6.39. The van der Waals surface area contributed by atoms with E-state index in [-0.39, 0.29) is 0 Å². The van der Waals surface area contributed by atoms with E-state index in [9.17, 15) is 5.11 Å². The predicted octanol–water partition coefficient (Wildman–Crippen LogP) is 1.90. The molecule has 96 valence electrons. The molecule has 1 saturated heterocycles. The monoisotopic (exact) mass is 238 g/mol. The Morgan fingerprint density at radius 2 is 2.24 bits per heavy atom. The van der Waals surface area contributed by atoms with Crippen LogP contribution in [0.5, 0.6) is 0 Å².